The lowest BCUT2D eigenvalue weighted by Crippen LogP contribution is -1.97. The van der Waals surface area contributed by atoms with Crippen LogP contribution in [0.4, 0.5) is 0 Å². The third kappa shape index (κ3) is 5.21. The molecule has 0 unspecified atom stereocenters. The maximum absolute atomic E-state index is 10.1. The van der Waals surface area contributed by atoms with Crippen LogP contribution in [0.2, 0.25) is 0 Å². The van der Waals surface area contributed by atoms with Gasteiger partial charge in [-0.25, -0.2) is 4.98 Å². The molecule has 5 heteroatoms. The molecule has 0 N–H and O–H groups in total. The van der Waals surface area contributed by atoms with Crippen LogP contribution in [0.25, 0.3) is 0 Å². The number of rotatable bonds is 3. The van der Waals surface area contributed by atoms with Crippen LogP contribution in [0.5, 0.6) is 5.88 Å². The molecule has 0 fully saturated rings. The molecule has 14 heavy (non-hydrogen) atoms. The summed E-state index contributed by atoms with van der Waals surface area (Å²) in [6.45, 7) is 0. The molecule has 0 saturated carbocycles. The highest BCUT2D eigenvalue weighted by Gasteiger charge is 1.96. The highest BCUT2D eigenvalue weighted by Crippen LogP contribution is 2.02. The second kappa shape index (κ2) is 8.12. The van der Waals surface area contributed by atoms with Gasteiger partial charge in [-0.2, -0.15) is 4.98 Å². The SMILES string of the molecule is COC.COc1ccnc(CC=O)n1. The zero-order chi connectivity index (χ0) is 10.8. The largest absolute Gasteiger partial charge is 0.481 e. The first-order valence-electron chi connectivity index (χ1n) is 3.98. The molecule has 1 aromatic heterocycles. The Labute approximate surface area is 83.1 Å². The van der Waals surface area contributed by atoms with Gasteiger partial charge >= 0.3 is 0 Å². The van der Waals surface area contributed by atoms with Crippen molar-refractivity contribution in [2.45, 2.75) is 6.42 Å². The van der Waals surface area contributed by atoms with E-state index in [1.165, 1.54) is 7.11 Å². The quantitative estimate of drug-likeness (QED) is 0.661. The average Bonchev–Trinajstić information content (AvgIpc) is 2.20. The standard InChI is InChI=1S/C7H8N2O2.C2H6O/c1-11-7-2-4-8-6(9-7)3-5-10;1-3-2/h2,4-5H,3H2,1H3;1-2H3. The van der Waals surface area contributed by atoms with E-state index in [1.807, 2.05) is 0 Å². The fraction of sp³-hybridized carbons (Fsp3) is 0.444. The van der Waals surface area contributed by atoms with Crippen LogP contribution in [0, 0.1) is 0 Å². The molecule has 0 aliphatic heterocycles. The van der Waals surface area contributed by atoms with Gasteiger partial charge in [0, 0.05) is 26.5 Å². The fourth-order valence-corrected chi connectivity index (χ4v) is 0.667. The van der Waals surface area contributed by atoms with Crippen molar-refractivity contribution in [3.05, 3.63) is 18.1 Å². The molecule has 1 aromatic rings. The van der Waals surface area contributed by atoms with E-state index in [4.69, 9.17) is 4.74 Å². The van der Waals surface area contributed by atoms with Gasteiger partial charge in [-0.15, -0.1) is 0 Å². The topological polar surface area (TPSA) is 61.3 Å². The van der Waals surface area contributed by atoms with Crippen LogP contribution in [-0.4, -0.2) is 37.6 Å². The summed E-state index contributed by atoms with van der Waals surface area (Å²) in [7, 11) is 4.77. The van der Waals surface area contributed by atoms with E-state index in [9.17, 15) is 4.79 Å². The molecule has 0 aliphatic carbocycles. The van der Waals surface area contributed by atoms with E-state index < -0.39 is 0 Å². The lowest BCUT2D eigenvalue weighted by Gasteiger charge is -1.97. The highest BCUT2D eigenvalue weighted by atomic mass is 16.5. The van der Waals surface area contributed by atoms with Gasteiger partial charge in [-0.05, 0) is 0 Å². The predicted molar refractivity (Wildman–Crippen MR) is 51.3 cm³/mol. The Morgan fingerprint density at radius 3 is 2.57 bits per heavy atom. The van der Waals surface area contributed by atoms with Crippen molar-refractivity contribution in [3.8, 4) is 5.88 Å². The summed E-state index contributed by atoms with van der Waals surface area (Å²) in [5.41, 5.74) is 0. The molecule has 78 valence electrons. The number of aldehydes is 1. The summed E-state index contributed by atoms with van der Waals surface area (Å²) in [5.74, 6) is 0.969. The summed E-state index contributed by atoms with van der Waals surface area (Å²) < 4.78 is 9.08. The zero-order valence-corrected chi connectivity index (χ0v) is 8.56. The number of carbonyl (C=O) groups is 1. The van der Waals surface area contributed by atoms with E-state index in [-0.39, 0.29) is 6.42 Å². The minimum atomic E-state index is 0.233. The number of methoxy groups -OCH3 is 2. The Balaban J connectivity index is 0.000000500. The van der Waals surface area contributed by atoms with Gasteiger partial charge in [0.15, 0.2) is 0 Å². The van der Waals surface area contributed by atoms with Crippen molar-refractivity contribution >= 4 is 6.29 Å². The van der Waals surface area contributed by atoms with Gasteiger partial charge in [0.1, 0.15) is 12.1 Å². The number of hydrogen-bond acceptors (Lipinski definition) is 5. The van der Waals surface area contributed by atoms with Crippen LogP contribution in [-0.2, 0) is 16.0 Å². The zero-order valence-electron chi connectivity index (χ0n) is 8.56. The summed E-state index contributed by atoms with van der Waals surface area (Å²) in [6, 6.07) is 1.63. The normalized spacial score (nSPS) is 8.50. The highest BCUT2D eigenvalue weighted by molar-refractivity contribution is 5.52. The van der Waals surface area contributed by atoms with Crippen LogP contribution in [0.1, 0.15) is 5.82 Å². The third-order valence-electron chi connectivity index (χ3n) is 1.15. The Bertz CT molecular complexity index is 266. The molecular formula is C9H14N2O3. The number of carbonyl (C=O) groups excluding carboxylic acids is 1. The van der Waals surface area contributed by atoms with Gasteiger partial charge in [0.25, 0.3) is 0 Å². The second-order valence-electron chi connectivity index (χ2n) is 2.29. The first kappa shape index (κ1) is 12.5. The molecule has 0 aliphatic rings. The predicted octanol–water partition coefficient (Wildman–Crippen LogP) is 0.489. The number of aromatic nitrogens is 2. The Kier molecular flexibility index (Phi) is 7.26. The van der Waals surface area contributed by atoms with Gasteiger partial charge < -0.3 is 14.3 Å². The van der Waals surface area contributed by atoms with Crippen molar-refractivity contribution in [2.24, 2.45) is 0 Å². The average molecular weight is 198 g/mol. The third-order valence-corrected chi connectivity index (χ3v) is 1.15. The number of hydrogen-bond donors (Lipinski definition) is 0. The molecule has 0 amide bonds. The first-order chi connectivity index (χ1) is 6.78. The summed E-state index contributed by atoms with van der Waals surface area (Å²) in [6.07, 6.45) is 2.55. The maximum Gasteiger partial charge on any atom is 0.216 e. The van der Waals surface area contributed by atoms with E-state index in [2.05, 4.69) is 14.7 Å². The van der Waals surface area contributed by atoms with Gasteiger partial charge in [0.05, 0.1) is 13.5 Å². The van der Waals surface area contributed by atoms with Gasteiger partial charge in [0.2, 0.25) is 5.88 Å². The fourth-order valence-electron chi connectivity index (χ4n) is 0.667. The molecule has 1 heterocycles. The van der Waals surface area contributed by atoms with E-state index in [0.29, 0.717) is 11.7 Å². The molecule has 0 bridgehead atoms. The van der Waals surface area contributed by atoms with Crippen LogP contribution >= 0.6 is 0 Å². The molecule has 5 nitrogen and oxygen atoms in total. The van der Waals surface area contributed by atoms with Crippen LogP contribution in [0.3, 0.4) is 0 Å². The van der Waals surface area contributed by atoms with Crippen LogP contribution in [0.15, 0.2) is 12.3 Å². The van der Waals surface area contributed by atoms with Crippen molar-refractivity contribution < 1.29 is 14.3 Å². The summed E-state index contributed by atoms with van der Waals surface area (Å²) in [5, 5.41) is 0. The van der Waals surface area contributed by atoms with Gasteiger partial charge in [-0.1, -0.05) is 0 Å². The number of ether oxygens (including phenoxy) is 2. The molecule has 0 atom stereocenters. The molecular weight excluding hydrogens is 184 g/mol. The monoisotopic (exact) mass is 198 g/mol. The van der Waals surface area contributed by atoms with E-state index >= 15 is 0 Å². The molecule has 1 rings (SSSR count). The number of nitrogens with zero attached hydrogens (tertiary/aromatic N) is 2. The Morgan fingerprint density at radius 2 is 2.07 bits per heavy atom. The van der Waals surface area contributed by atoms with Crippen molar-refractivity contribution in [2.75, 3.05) is 21.3 Å². The summed E-state index contributed by atoms with van der Waals surface area (Å²) in [4.78, 5) is 17.8. The molecule has 0 spiro atoms. The molecule has 0 aromatic carbocycles. The van der Waals surface area contributed by atoms with E-state index in [0.717, 1.165) is 6.29 Å². The first-order valence-corrected chi connectivity index (χ1v) is 3.98. The molecule has 0 saturated heterocycles. The van der Waals surface area contributed by atoms with Crippen molar-refractivity contribution in [1.82, 2.24) is 9.97 Å². The Hall–Kier alpha value is -1.49. The van der Waals surface area contributed by atoms with E-state index in [1.54, 1.807) is 26.5 Å². The van der Waals surface area contributed by atoms with Crippen LogP contribution < -0.4 is 4.74 Å². The summed E-state index contributed by atoms with van der Waals surface area (Å²) >= 11 is 0. The smallest absolute Gasteiger partial charge is 0.216 e. The van der Waals surface area contributed by atoms with Crippen molar-refractivity contribution in [3.63, 3.8) is 0 Å². The Morgan fingerprint density at radius 1 is 1.43 bits per heavy atom. The minimum absolute atomic E-state index is 0.233. The maximum atomic E-state index is 10.1. The minimum Gasteiger partial charge on any atom is -0.481 e. The lowest BCUT2D eigenvalue weighted by atomic mass is 10.4. The second-order valence-corrected chi connectivity index (χ2v) is 2.29. The molecule has 0 radical (unpaired) electrons. The lowest BCUT2D eigenvalue weighted by molar-refractivity contribution is -0.107. The van der Waals surface area contributed by atoms with Crippen molar-refractivity contribution in [1.29, 1.82) is 0 Å². The van der Waals surface area contributed by atoms with Gasteiger partial charge in [-0.3, -0.25) is 0 Å².